The van der Waals surface area contributed by atoms with Gasteiger partial charge in [0.2, 0.25) is 10.0 Å². The zero-order valence-electron chi connectivity index (χ0n) is 14.5. The third-order valence-electron chi connectivity index (χ3n) is 5.04. The Morgan fingerprint density at radius 1 is 1.12 bits per heavy atom. The Bertz CT molecular complexity index is 619. The third kappa shape index (κ3) is 4.94. The van der Waals surface area contributed by atoms with E-state index in [2.05, 4.69) is 23.9 Å². The molecule has 24 heavy (non-hydrogen) atoms. The molecule has 2 aliphatic heterocycles. The number of sulfonamides is 1. The van der Waals surface area contributed by atoms with Gasteiger partial charge in [-0.1, -0.05) is 26.0 Å². The predicted octanol–water partition coefficient (Wildman–Crippen LogP) is 3.26. The molecule has 0 aliphatic carbocycles. The standard InChI is InChI=1S/C18H28N2O2S.ClH/c1-13(2)3-4-14-5-9-18(10-6-14)23(21,22)20-17-11-15-7-8-16(12-17)19-15;/h5-6,9-10,13,15-17,19-20H,3-4,7-8,11-12H2,1-2H3;1H. The molecule has 2 unspecified atom stereocenters. The van der Waals surface area contributed by atoms with E-state index in [1.54, 1.807) is 12.1 Å². The van der Waals surface area contributed by atoms with Crippen molar-refractivity contribution in [3.63, 3.8) is 0 Å². The lowest BCUT2D eigenvalue weighted by Gasteiger charge is -2.29. The average molecular weight is 373 g/mol. The number of piperidine rings is 1. The molecule has 1 aromatic carbocycles. The lowest BCUT2D eigenvalue weighted by atomic mass is 10.0. The van der Waals surface area contributed by atoms with Crippen molar-refractivity contribution < 1.29 is 8.42 Å². The van der Waals surface area contributed by atoms with Crippen LogP contribution >= 0.6 is 12.4 Å². The third-order valence-corrected chi connectivity index (χ3v) is 6.58. The van der Waals surface area contributed by atoms with E-state index >= 15 is 0 Å². The fourth-order valence-electron chi connectivity index (χ4n) is 3.73. The number of aryl methyl sites for hydroxylation is 1. The maximum absolute atomic E-state index is 12.6. The van der Waals surface area contributed by atoms with Crippen LogP contribution in [0.4, 0.5) is 0 Å². The van der Waals surface area contributed by atoms with Gasteiger partial charge in [-0.2, -0.15) is 0 Å². The van der Waals surface area contributed by atoms with Crippen LogP contribution in [-0.4, -0.2) is 26.5 Å². The summed E-state index contributed by atoms with van der Waals surface area (Å²) in [6, 6.07) is 8.42. The average Bonchev–Trinajstić information content (AvgIpc) is 2.84. The summed E-state index contributed by atoms with van der Waals surface area (Å²) in [5, 5.41) is 3.54. The summed E-state index contributed by atoms with van der Waals surface area (Å²) in [5.41, 5.74) is 1.21. The zero-order valence-corrected chi connectivity index (χ0v) is 16.1. The molecule has 2 saturated heterocycles. The van der Waals surface area contributed by atoms with Crippen LogP contribution in [0.2, 0.25) is 0 Å². The summed E-state index contributed by atoms with van der Waals surface area (Å²) in [4.78, 5) is 0.386. The first-order valence-electron chi connectivity index (χ1n) is 8.79. The summed E-state index contributed by atoms with van der Waals surface area (Å²) in [7, 11) is -3.40. The van der Waals surface area contributed by atoms with Gasteiger partial charge in [-0.15, -0.1) is 12.4 Å². The van der Waals surface area contributed by atoms with E-state index in [9.17, 15) is 8.42 Å². The minimum atomic E-state index is -3.40. The first kappa shape index (κ1) is 19.7. The molecular formula is C18H29ClN2O2S. The van der Waals surface area contributed by atoms with Gasteiger partial charge in [-0.3, -0.25) is 0 Å². The molecule has 3 rings (SSSR count). The maximum Gasteiger partial charge on any atom is 0.240 e. The second kappa shape index (κ2) is 8.17. The van der Waals surface area contributed by atoms with Crippen LogP contribution in [0.25, 0.3) is 0 Å². The van der Waals surface area contributed by atoms with E-state index in [1.807, 2.05) is 12.1 Å². The summed E-state index contributed by atoms with van der Waals surface area (Å²) >= 11 is 0. The van der Waals surface area contributed by atoms with Crippen LogP contribution in [0, 0.1) is 5.92 Å². The minimum Gasteiger partial charge on any atom is -0.311 e. The van der Waals surface area contributed by atoms with Gasteiger partial charge >= 0.3 is 0 Å². The van der Waals surface area contributed by atoms with Crippen LogP contribution < -0.4 is 10.0 Å². The van der Waals surface area contributed by atoms with Gasteiger partial charge in [-0.05, 0) is 62.1 Å². The molecule has 1 aromatic rings. The summed E-state index contributed by atoms with van der Waals surface area (Å²) in [5.74, 6) is 0.662. The summed E-state index contributed by atoms with van der Waals surface area (Å²) in [6.45, 7) is 4.41. The highest BCUT2D eigenvalue weighted by Crippen LogP contribution is 2.27. The van der Waals surface area contributed by atoms with Crippen LogP contribution in [0.3, 0.4) is 0 Å². The number of benzene rings is 1. The van der Waals surface area contributed by atoms with Crippen LogP contribution in [0.5, 0.6) is 0 Å². The molecular weight excluding hydrogens is 344 g/mol. The minimum absolute atomic E-state index is 0. The Balaban J connectivity index is 0.00000208. The summed E-state index contributed by atoms with van der Waals surface area (Å²) < 4.78 is 28.1. The molecule has 4 nitrogen and oxygen atoms in total. The molecule has 0 amide bonds. The van der Waals surface area contributed by atoms with E-state index in [-0.39, 0.29) is 18.4 Å². The molecule has 0 aromatic heterocycles. The van der Waals surface area contributed by atoms with Gasteiger partial charge in [0.1, 0.15) is 0 Å². The van der Waals surface area contributed by atoms with E-state index in [0.29, 0.717) is 22.9 Å². The van der Waals surface area contributed by atoms with Crippen molar-refractivity contribution in [2.75, 3.05) is 0 Å². The van der Waals surface area contributed by atoms with Crippen molar-refractivity contribution in [2.45, 2.75) is 75.4 Å². The lowest BCUT2D eigenvalue weighted by Crippen LogP contribution is -2.47. The Morgan fingerprint density at radius 3 is 2.25 bits per heavy atom. The molecule has 0 spiro atoms. The van der Waals surface area contributed by atoms with Crippen molar-refractivity contribution >= 4 is 22.4 Å². The molecule has 2 bridgehead atoms. The first-order chi connectivity index (χ1) is 10.9. The van der Waals surface area contributed by atoms with E-state index in [4.69, 9.17) is 0 Å². The maximum atomic E-state index is 12.6. The second-order valence-electron chi connectivity index (χ2n) is 7.50. The Labute approximate surface area is 152 Å². The van der Waals surface area contributed by atoms with Gasteiger partial charge in [0.15, 0.2) is 0 Å². The second-order valence-corrected chi connectivity index (χ2v) is 9.22. The monoisotopic (exact) mass is 372 g/mol. The molecule has 0 radical (unpaired) electrons. The molecule has 2 heterocycles. The molecule has 2 fully saturated rings. The quantitative estimate of drug-likeness (QED) is 0.805. The zero-order chi connectivity index (χ0) is 16.4. The fraction of sp³-hybridized carbons (Fsp3) is 0.667. The van der Waals surface area contributed by atoms with Gasteiger partial charge in [0, 0.05) is 18.1 Å². The van der Waals surface area contributed by atoms with E-state index in [1.165, 1.54) is 18.4 Å². The van der Waals surface area contributed by atoms with E-state index in [0.717, 1.165) is 25.7 Å². The fourth-order valence-corrected chi connectivity index (χ4v) is 4.99. The topological polar surface area (TPSA) is 58.2 Å². The highest BCUT2D eigenvalue weighted by atomic mass is 35.5. The lowest BCUT2D eigenvalue weighted by molar-refractivity contribution is 0.345. The molecule has 6 heteroatoms. The largest absolute Gasteiger partial charge is 0.311 e. The van der Waals surface area contributed by atoms with Crippen LogP contribution in [0.15, 0.2) is 29.2 Å². The molecule has 0 saturated carbocycles. The van der Waals surface area contributed by atoms with Gasteiger partial charge in [0.25, 0.3) is 0 Å². The van der Waals surface area contributed by atoms with Crippen LogP contribution in [0.1, 0.15) is 51.5 Å². The Kier molecular flexibility index (Phi) is 6.71. The number of fused-ring (bicyclic) bond motifs is 2. The summed E-state index contributed by atoms with van der Waals surface area (Å²) in [6.07, 6.45) is 6.29. The Hall–Kier alpha value is -0.620. The number of halogens is 1. The molecule has 2 N–H and O–H groups in total. The predicted molar refractivity (Wildman–Crippen MR) is 100 cm³/mol. The van der Waals surface area contributed by atoms with E-state index < -0.39 is 10.0 Å². The highest BCUT2D eigenvalue weighted by Gasteiger charge is 2.35. The number of nitrogens with one attached hydrogen (secondary N) is 2. The van der Waals surface area contributed by atoms with Crippen molar-refractivity contribution in [3.05, 3.63) is 29.8 Å². The highest BCUT2D eigenvalue weighted by molar-refractivity contribution is 7.89. The number of hydrogen-bond donors (Lipinski definition) is 2. The van der Waals surface area contributed by atoms with Crippen molar-refractivity contribution in [1.82, 2.24) is 10.0 Å². The molecule has 136 valence electrons. The van der Waals surface area contributed by atoms with Crippen LogP contribution in [-0.2, 0) is 16.4 Å². The normalized spacial score (nSPS) is 26.4. The SMILES string of the molecule is CC(C)CCc1ccc(S(=O)(=O)NC2CC3CCC(C2)N3)cc1.Cl. The van der Waals surface area contributed by atoms with Crippen molar-refractivity contribution in [2.24, 2.45) is 5.92 Å². The van der Waals surface area contributed by atoms with Gasteiger partial charge < -0.3 is 5.32 Å². The molecule has 2 atom stereocenters. The van der Waals surface area contributed by atoms with Crippen molar-refractivity contribution in [3.8, 4) is 0 Å². The number of rotatable bonds is 6. The smallest absolute Gasteiger partial charge is 0.240 e. The van der Waals surface area contributed by atoms with Gasteiger partial charge in [-0.25, -0.2) is 13.1 Å². The van der Waals surface area contributed by atoms with Gasteiger partial charge in [0.05, 0.1) is 4.90 Å². The number of hydrogen-bond acceptors (Lipinski definition) is 3. The first-order valence-corrected chi connectivity index (χ1v) is 10.3. The molecule has 2 aliphatic rings. The Morgan fingerprint density at radius 2 is 1.71 bits per heavy atom. The van der Waals surface area contributed by atoms with Crippen molar-refractivity contribution in [1.29, 1.82) is 0 Å².